The van der Waals surface area contributed by atoms with E-state index in [4.69, 9.17) is 0 Å². The van der Waals surface area contributed by atoms with Gasteiger partial charge in [0.15, 0.2) is 46.5 Å². The van der Waals surface area contributed by atoms with Crippen LogP contribution in [0.15, 0.2) is 4.52 Å². The average Bonchev–Trinajstić information content (AvgIpc) is 3.10. The fraction of sp³-hybridized carbons (Fsp3) is 0. The third-order valence-electron chi connectivity index (χ3n) is 3.37. The van der Waals surface area contributed by atoms with E-state index >= 15 is 0 Å². The van der Waals surface area contributed by atoms with Crippen LogP contribution in [-0.2, 0) is 0 Å². The van der Waals surface area contributed by atoms with Crippen molar-refractivity contribution >= 4 is 0 Å². The second kappa shape index (κ2) is 6.25. The summed E-state index contributed by atoms with van der Waals surface area (Å²) in [5.74, 6) is -26.5. The Kier molecular flexibility index (Phi) is 4.32. The molecule has 0 aliphatic heterocycles. The second-order valence-electron chi connectivity index (χ2n) is 4.84. The van der Waals surface area contributed by atoms with E-state index in [0.717, 1.165) is 0 Å². The topological polar surface area (TPSA) is 38.9 Å². The predicted molar refractivity (Wildman–Crippen MR) is 64.7 cm³/mol. The summed E-state index contributed by atoms with van der Waals surface area (Å²) < 4.78 is 139. The first-order valence-electron chi connectivity index (χ1n) is 6.45. The Balaban J connectivity index is 2.40. The molecule has 13 heteroatoms. The highest BCUT2D eigenvalue weighted by Crippen LogP contribution is 2.39. The van der Waals surface area contributed by atoms with Crippen molar-refractivity contribution < 1.29 is 48.4 Å². The first-order chi connectivity index (χ1) is 12.6. The molecule has 0 saturated heterocycles. The molecule has 3 aromatic rings. The molecule has 3 rings (SSSR count). The van der Waals surface area contributed by atoms with Crippen molar-refractivity contribution in [3.05, 3.63) is 58.2 Å². The van der Waals surface area contributed by atoms with Gasteiger partial charge in [-0.15, -0.1) is 5.10 Å². The van der Waals surface area contributed by atoms with Crippen molar-refractivity contribution in [3.63, 3.8) is 0 Å². The normalized spacial score (nSPS) is 11.3. The van der Waals surface area contributed by atoms with Gasteiger partial charge in [0.05, 0.1) is 5.56 Å². The summed E-state index contributed by atoms with van der Waals surface area (Å²) in [4.78, 5) is 0. The summed E-state index contributed by atoms with van der Waals surface area (Å²) in [5, 5.41) is 5.47. The van der Waals surface area contributed by atoms with Crippen LogP contribution in [0.5, 0.6) is 0 Å². The molecular weight excluding hydrogens is 402 g/mol. The number of hydrogen-bond acceptors (Lipinski definition) is 3. The molecule has 0 amide bonds. The van der Waals surface area contributed by atoms with Crippen molar-refractivity contribution in [2.75, 3.05) is 0 Å². The Morgan fingerprint density at radius 3 is 1.19 bits per heavy atom. The highest BCUT2D eigenvalue weighted by atomic mass is 19.2. The van der Waals surface area contributed by atoms with Crippen molar-refractivity contribution in [3.8, 4) is 22.6 Å². The molecule has 0 radical (unpaired) electrons. The lowest BCUT2D eigenvalue weighted by Crippen LogP contribution is -2.07. The van der Waals surface area contributed by atoms with Gasteiger partial charge in [-0.3, -0.25) is 0 Å². The first kappa shape index (κ1) is 18.7. The maximum Gasteiger partial charge on any atom is 0.201 e. The summed E-state index contributed by atoms with van der Waals surface area (Å²) in [5.41, 5.74) is -5.19. The van der Waals surface area contributed by atoms with E-state index in [1.165, 1.54) is 0 Å². The van der Waals surface area contributed by atoms with Crippen molar-refractivity contribution in [2.45, 2.75) is 0 Å². The predicted octanol–water partition coefficient (Wildman–Crippen LogP) is 4.79. The molecule has 0 bridgehead atoms. The number of halogens is 10. The van der Waals surface area contributed by atoms with Gasteiger partial charge in [-0.2, -0.15) is 0 Å². The molecule has 0 spiro atoms. The van der Waals surface area contributed by atoms with E-state index in [0.29, 0.717) is 0 Å². The SMILES string of the molecule is Fc1c(F)c(F)c(-c2nnoc2-c2c(F)c(F)c(F)c(F)c2F)c(F)c1F. The Morgan fingerprint density at radius 2 is 0.778 bits per heavy atom. The number of rotatable bonds is 2. The van der Waals surface area contributed by atoms with Gasteiger partial charge in [-0.05, 0) is 0 Å². The lowest BCUT2D eigenvalue weighted by Gasteiger charge is -2.09. The van der Waals surface area contributed by atoms with Crippen LogP contribution in [0.25, 0.3) is 22.6 Å². The Morgan fingerprint density at radius 1 is 0.444 bits per heavy atom. The van der Waals surface area contributed by atoms with E-state index in [9.17, 15) is 43.9 Å². The standard InChI is InChI=1S/C14F10N2O/c15-3-1(4(16)8(20)11(23)7(3)19)13-14(27-26-25-13)2-5(17)9(21)12(24)10(22)6(2)18. The van der Waals surface area contributed by atoms with Gasteiger partial charge in [0.2, 0.25) is 17.4 Å². The van der Waals surface area contributed by atoms with Crippen molar-refractivity contribution in [1.82, 2.24) is 10.4 Å². The number of aromatic nitrogens is 2. The molecule has 1 aromatic heterocycles. The molecule has 2 aromatic carbocycles. The van der Waals surface area contributed by atoms with Gasteiger partial charge in [0, 0.05) is 5.27 Å². The molecule has 0 unspecified atom stereocenters. The summed E-state index contributed by atoms with van der Waals surface area (Å²) >= 11 is 0. The molecule has 0 fully saturated rings. The third-order valence-corrected chi connectivity index (χ3v) is 3.37. The zero-order chi connectivity index (χ0) is 20.2. The molecular formula is C14F10N2O. The van der Waals surface area contributed by atoms with Gasteiger partial charge < -0.3 is 4.52 Å². The molecule has 3 nitrogen and oxygen atoms in total. The zero-order valence-corrected chi connectivity index (χ0v) is 12.1. The lowest BCUT2D eigenvalue weighted by molar-refractivity contribution is 0.369. The summed E-state index contributed by atoms with van der Waals surface area (Å²) in [6.45, 7) is 0. The largest absolute Gasteiger partial charge is 0.336 e. The van der Waals surface area contributed by atoms with Crippen LogP contribution in [0.2, 0.25) is 0 Å². The maximum atomic E-state index is 13.9. The first-order valence-corrected chi connectivity index (χ1v) is 6.45. The fourth-order valence-corrected chi connectivity index (χ4v) is 2.14. The lowest BCUT2D eigenvalue weighted by atomic mass is 10.0. The summed E-state index contributed by atoms with van der Waals surface area (Å²) in [7, 11) is 0. The Hall–Kier alpha value is -3.12. The highest BCUT2D eigenvalue weighted by molar-refractivity contribution is 5.77. The maximum absolute atomic E-state index is 13.9. The minimum Gasteiger partial charge on any atom is -0.336 e. The van der Waals surface area contributed by atoms with E-state index in [1.807, 2.05) is 0 Å². The van der Waals surface area contributed by atoms with Crippen LogP contribution in [0.4, 0.5) is 43.9 Å². The van der Waals surface area contributed by atoms with Gasteiger partial charge in [-0.25, -0.2) is 43.9 Å². The molecule has 0 saturated carbocycles. The van der Waals surface area contributed by atoms with Crippen molar-refractivity contribution in [1.29, 1.82) is 0 Å². The smallest absolute Gasteiger partial charge is 0.201 e. The Bertz CT molecular complexity index is 952. The van der Waals surface area contributed by atoms with E-state index < -0.39 is 80.8 Å². The second-order valence-corrected chi connectivity index (χ2v) is 4.84. The van der Waals surface area contributed by atoms with E-state index in [-0.39, 0.29) is 0 Å². The molecule has 27 heavy (non-hydrogen) atoms. The van der Waals surface area contributed by atoms with Crippen LogP contribution in [0.1, 0.15) is 0 Å². The molecule has 0 aliphatic rings. The number of benzene rings is 2. The quantitative estimate of drug-likeness (QED) is 0.352. The zero-order valence-electron chi connectivity index (χ0n) is 12.1. The number of nitrogens with zero attached hydrogens (tertiary/aromatic N) is 2. The van der Waals surface area contributed by atoms with Gasteiger partial charge in [0.25, 0.3) is 0 Å². The van der Waals surface area contributed by atoms with Gasteiger partial charge in [0.1, 0.15) is 11.3 Å². The third kappa shape index (κ3) is 2.52. The van der Waals surface area contributed by atoms with Crippen LogP contribution in [-0.4, -0.2) is 10.4 Å². The Labute approximate surface area is 140 Å². The number of hydrogen-bond donors (Lipinski definition) is 0. The van der Waals surface area contributed by atoms with E-state index in [1.54, 1.807) is 0 Å². The molecule has 0 atom stereocenters. The monoisotopic (exact) mass is 402 g/mol. The highest BCUT2D eigenvalue weighted by Gasteiger charge is 2.35. The molecule has 0 N–H and O–H groups in total. The summed E-state index contributed by atoms with van der Waals surface area (Å²) in [6.07, 6.45) is 0. The van der Waals surface area contributed by atoms with Crippen LogP contribution in [0.3, 0.4) is 0 Å². The minimum atomic E-state index is -2.56. The van der Waals surface area contributed by atoms with Gasteiger partial charge in [-0.1, -0.05) is 0 Å². The van der Waals surface area contributed by atoms with Gasteiger partial charge >= 0.3 is 0 Å². The average molecular weight is 402 g/mol. The van der Waals surface area contributed by atoms with Crippen LogP contribution >= 0.6 is 0 Å². The molecule has 0 aliphatic carbocycles. The minimum absolute atomic E-state index is 1.48. The van der Waals surface area contributed by atoms with Crippen LogP contribution < -0.4 is 0 Å². The van der Waals surface area contributed by atoms with Crippen molar-refractivity contribution in [2.24, 2.45) is 0 Å². The molecule has 142 valence electrons. The summed E-state index contributed by atoms with van der Waals surface area (Å²) in [6, 6.07) is 0. The molecule has 1 heterocycles. The van der Waals surface area contributed by atoms with E-state index in [2.05, 4.69) is 14.9 Å². The van der Waals surface area contributed by atoms with Crippen LogP contribution in [0, 0.1) is 58.2 Å². The fourth-order valence-electron chi connectivity index (χ4n) is 2.14.